The number of aliphatic hydroxyl groups is 1. The van der Waals surface area contributed by atoms with E-state index in [9.17, 15) is 5.11 Å². The van der Waals surface area contributed by atoms with E-state index in [1.54, 1.807) is 18.4 Å². The van der Waals surface area contributed by atoms with Gasteiger partial charge in [0.2, 0.25) is 5.89 Å². The maximum absolute atomic E-state index is 10.5. The molecule has 0 saturated heterocycles. The van der Waals surface area contributed by atoms with E-state index in [0.29, 0.717) is 40.1 Å². The van der Waals surface area contributed by atoms with Crippen molar-refractivity contribution in [3.8, 4) is 23.0 Å². The number of ether oxygens (including phenoxy) is 2. The zero-order valence-electron chi connectivity index (χ0n) is 15.1. The number of nitrogens with zero attached hydrogens (tertiary/aromatic N) is 1. The maximum atomic E-state index is 10.5. The molecule has 0 radical (unpaired) electrons. The van der Waals surface area contributed by atoms with Gasteiger partial charge in [-0.2, -0.15) is 0 Å². The molecule has 1 aromatic heterocycles. The van der Waals surface area contributed by atoms with Crippen molar-refractivity contribution in [3.05, 3.63) is 65.0 Å². The third kappa shape index (κ3) is 3.80. The summed E-state index contributed by atoms with van der Waals surface area (Å²) in [4.78, 5) is 4.45. The summed E-state index contributed by atoms with van der Waals surface area (Å²) in [5.74, 6) is 1.72. The van der Waals surface area contributed by atoms with E-state index in [1.807, 2.05) is 44.2 Å². The molecule has 1 N–H and O–H groups in total. The van der Waals surface area contributed by atoms with Gasteiger partial charge in [0.25, 0.3) is 0 Å². The number of aliphatic hydroxyl groups excluding tert-OH is 1. The summed E-state index contributed by atoms with van der Waals surface area (Å²) in [6.07, 6.45) is 1.42. The fraction of sp³-hybridized carbons (Fsp3) is 0.286. The minimum absolute atomic E-state index is 0.219. The molecule has 1 aliphatic heterocycles. The Balaban J connectivity index is 1.52. The zero-order valence-corrected chi connectivity index (χ0v) is 15.9. The largest absolute Gasteiger partial charge is 0.487 e. The van der Waals surface area contributed by atoms with Crippen LogP contribution in [0, 0.1) is 0 Å². The molecule has 140 valence electrons. The summed E-state index contributed by atoms with van der Waals surface area (Å²) in [7, 11) is 0. The average molecular weight is 386 g/mol. The smallest absolute Gasteiger partial charge is 0.226 e. The molecule has 0 bridgehead atoms. The van der Waals surface area contributed by atoms with E-state index >= 15 is 0 Å². The Morgan fingerprint density at radius 2 is 2.07 bits per heavy atom. The summed E-state index contributed by atoms with van der Waals surface area (Å²) < 4.78 is 17.4. The van der Waals surface area contributed by atoms with E-state index in [1.165, 1.54) is 0 Å². The van der Waals surface area contributed by atoms with Crippen LogP contribution < -0.4 is 9.47 Å². The van der Waals surface area contributed by atoms with Gasteiger partial charge in [-0.15, -0.1) is 0 Å². The van der Waals surface area contributed by atoms with Crippen LogP contribution >= 0.6 is 11.6 Å². The summed E-state index contributed by atoms with van der Waals surface area (Å²) in [5, 5.41) is 11.2. The number of aromatic nitrogens is 1. The highest BCUT2D eigenvalue weighted by atomic mass is 35.5. The molecule has 6 heteroatoms. The van der Waals surface area contributed by atoms with Crippen molar-refractivity contribution in [3.63, 3.8) is 0 Å². The Kier molecular flexibility index (Phi) is 4.58. The molecule has 27 heavy (non-hydrogen) atoms. The predicted octanol–water partition coefficient (Wildman–Crippen LogP) is 5.17. The van der Waals surface area contributed by atoms with Crippen molar-refractivity contribution in [2.24, 2.45) is 0 Å². The highest BCUT2D eigenvalue weighted by Crippen LogP contribution is 2.44. The van der Waals surface area contributed by atoms with Crippen molar-refractivity contribution >= 4 is 11.6 Å². The number of hydrogen-bond donors (Lipinski definition) is 1. The number of oxazole rings is 1. The summed E-state index contributed by atoms with van der Waals surface area (Å²) in [6.45, 7) is 4.13. The summed E-state index contributed by atoms with van der Waals surface area (Å²) in [6, 6.07) is 12.8. The summed E-state index contributed by atoms with van der Waals surface area (Å²) in [5.41, 5.74) is 1.71. The van der Waals surface area contributed by atoms with E-state index in [2.05, 4.69) is 4.98 Å². The monoisotopic (exact) mass is 385 g/mol. The normalized spacial score (nSPS) is 17.9. The van der Waals surface area contributed by atoms with Gasteiger partial charge in [0, 0.05) is 17.0 Å². The van der Waals surface area contributed by atoms with E-state index in [-0.39, 0.29) is 6.61 Å². The van der Waals surface area contributed by atoms with Gasteiger partial charge in [0.1, 0.15) is 35.7 Å². The number of rotatable bonds is 4. The van der Waals surface area contributed by atoms with Gasteiger partial charge in [0.15, 0.2) is 0 Å². The van der Waals surface area contributed by atoms with Crippen LogP contribution in [0.25, 0.3) is 11.5 Å². The van der Waals surface area contributed by atoms with Gasteiger partial charge in [-0.25, -0.2) is 4.98 Å². The standard InChI is InChI=1S/C21H20ClNO4/c1-21(2)10-16(24)19-17(7-4-8-18(19)27-21)25-11-15-12-26-20(23-15)13-5-3-6-14(22)9-13/h3-9,12,16,24H,10-11H2,1-2H3. The Morgan fingerprint density at radius 3 is 2.89 bits per heavy atom. The van der Waals surface area contributed by atoms with Gasteiger partial charge in [-0.05, 0) is 44.2 Å². The van der Waals surface area contributed by atoms with Crippen molar-refractivity contribution in [2.45, 2.75) is 38.6 Å². The van der Waals surface area contributed by atoms with Crippen LogP contribution in [0.3, 0.4) is 0 Å². The van der Waals surface area contributed by atoms with Crippen LogP contribution in [0.5, 0.6) is 11.5 Å². The van der Waals surface area contributed by atoms with Crippen LogP contribution in [0.1, 0.15) is 37.6 Å². The SMILES string of the molecule is CC1(C)CC(O)c2c(OCc3coc(-c4cccc(Cl)c4)n3)cccc2O1. The Labute approximate surface area is 162 Å². The second-order valence-electron chi connectivity index (χ2n) is 7.19. The molecule has 3 aromatic rings. The molecule has 2 aromatic carbocycles. The average Bonchev–Trinajstić information content (AvgIpc) is 3.07. The second kappa shape index (κ2) is 6.91. The van der Waals surface area contributed by atoms with Crippen LogP contribution in [0.15, 0.2) is 53.1 Å². The van der Waals surface area contributed by atoms with Gasteiger partial charge in [0.05, 0.1) is 11.7 Å². The minimum Gasteiger partial charge on any atom is -0.487 e. The van der Waals surface area contributed by atoms with Crippen LogP contribution in [0.4, 0.5) is 0 Å². The Bertz CT molecular complexity index is 966. The molecular weight excluding hydrogens is 366 g/mol. The lowest BCUT2D eigenvalue weighted by Crippen LogP contribution is -2.35. The molecule has 2 heterocycles. The molecule has 0 fully saturated rings. The third-order valence-corrected chi connectivity index (χ3v) is 4.66. The lowest BCUT2D eigenvalue weighted by atomic mass is 9.91. The lowest BCUT2D eigenvalue weighted by molar-refractivity contribution is 0.00947. The topological polar surface area (TPSA) is 64.7 Å². The second-order valence-corrected chi connectivity index (χ2v) is 7.63. The molecule has 1 aliphatic rings. The van der Waals surface area contributed by atoms with Crippen LogP contribution in [-0.4, -0.2) is 15.7 Å². The van der Waals surface area contributed by atoms with Crippen LogP contribution in [0.2, 0.25) is 5.02 Å². The predicted molar refractivity (Wildman–Crippen MR) is 102 cm³/mol. The van der Waals surface area contributed by atoms with E-state index in [4.69, 9.17) is 25.5 Å². The first kappa shape index (κ1) is 17.9. The third-order valence-electron chi connectivity index (χ3n) is 4.43. The summed E-state index contributed by atoms with van der Waals surface area (Å²) >= 11 is 6.01. The molecule has 0 amide bonds. The molecule has 0 spiro atoms. The van der Waals surface area contributed by atoms with Crippen molar-refractivity contribution in [1.29, 1.82) is 0 Å². The first-order chi connectivity index (χ1) is 12.9. The van der Waals surface area contributed by atoms with Gasteiger partial charge in [-0.3, -0.25) is 0 Å². The first-order valence-electron chi connectivity index (χ1n) is 8.74. The van der Waals surface area contributed by atoms with Crippen molar-refractivity contribution < 1.29 is 19.0 Å². The highest BCUT2D eigenvalue weighted by Gasteiger charge is 2.34. The molecule has 0 saturated carbocycles. The quantitative estimate of drug-likeness (QED) is 0.671. The van der Waals surface area contributed by atoms with Gasteiger partial charge in [-0.1, -0.05) is 23.7 Å². The number of hydrogen-bond acceptors (Lipinski definition) is 5. The first-order valence-corrected chi connectivity index (χ1v) is 9.12. The highest BCUT2D eigenvalue weighted by molar-refractivity contribution is 6.30. The van der Waals surface area contributed by atoms with Gasteiger partial charge < -0.3 is 19.0 Å². The Morgan fingerprint density at radius 1 is 1.26 bits per heavy atom. The maximum Gasteiger partial charge on any atom is 0.226 e. The number of fused-ring (bicyclic) bond motifs is 1. The van der Waals surface area contributed by atoms with Crippen LogP contribution in [-0.2, 0) is 6.61 Å². The molecule has 1 atom stereocenters. The number of benzene rings is 2. The zero-order chi connectivity index (χ0) is 19.0. The molecule has 5 nitrogen and oxygen atoms in total. The molecule has 4 rings (SSSR count). The number of halogens is 1. The fourth-order valence-electron chi connectivity index (χ4n) is 3.25. The van der Waals surface area contributed by atoms with E-state index < -0.39 is 11.7 Å². The van der Waals surface area contributed by atoms with Crippen molar-refractivity contribution in [2.75, 3.05) is 0 Å². The van der Waals surface area contributed by atoms with Crippen molar-refractivity contribution in [1.82, 2.24) is 4.98 Å². The molecular formula is C21H20ClNO4. The minimum atomic E-state index is -0.640. The fourth-order valence-corrected chi connectivity index (χ4v) is 3.44. The molecule has 0 aliphatic carbocycles. The van der Waals surface area contributed by atoms with Gasteiger partial charge >= 0.3 is 0 Å². The molecule has 1 unspecified atom stereocenters. The lowest BCUT2D eigenvalue weighted by Gasteiger charge is -2.36. The van der Waals surface area contributed by atoms with E-state index in [0.717, 1.165) is 5.56 Å². The Hall–Kier alpha value is -2.50.